The second-order valence-electron chi connectivity index (χ2n) is 9.36. The largest absolute Gasteiger partial charge is 0.487 e. The van der Waals surface area contributed by atoms with Gasteiger partial charge >= 0.3 is 5.97 Å². The van der Waals surface area contributed by atoms with Crippen LogP contribution in [0.4, 0.5) is 0 Å². The van der Waals surface area contributed by atoms with E-state index in [4.69, 9.17) is 26.2 Å². The van der Waals surface area contributed by atoms with Crippen molar-refractivity contribution in [2.45, 2.75) is 76.6 Å². The third kappa shape index (κ3) is 4.61. The summed E-state index contributed by atoms with van der Waals surface area (Å²) in [6.07, 6.45) is 3.72. The van der Waals surface area contributed by atoms with Crippen LogP contribution in [0.5, 0.6) is 5.75 Å². The predicted octanol–water partition coefficient (Wildman–Crippen LogP) is 6.56. The van der Waals surface area contributed by atoms with Gasteiger partial charge < -0.3 is 14.6 Å². The Morgan fingerprint density at radius 1 is 1.19 bits per heavy atom. The summed E-state index contributed by atoms with van der Waals surface area (Å²) in [7, 11) is 0. The Labute approximate surface area is 189 Å². The maximum Gasteiger partial charge on any atom is 0.303 e. The van der Waals surface area contributed by atoms with E-state index in [1.54, 1.807) is 0 Å². The molecular formula is C26H31ClO4. The first kappa shape index (κ1) is 22.2. The maximum atomic E-state index is 11.0. The van der Waals surface area contributed by atoms with Crippen LogP contribution in [-0.4, -0.2) is 22.8 Å². The van der Waals surface area contributed by atoms with Crippen molar-refractivity contribution in [2.75, 3.05) is 0 Å². The molecule has 0 spiro atoms. The molecule has 4 rings (SSSR count). The smallest absolute Gasteiger partial charge is 0.303 e. The fraction of sp³-hybridized carbons (Fsp3) is 0.500. The third-order valence-corrected chi connectivity index (χ3v) is 7.04. The minimum absolute atomic E-state index is 0.0522. The highest BCUT2D eigenvalue weighted by Gasteiger charge is 2.50. The van der Waals surface area contributed by atoms with Gasteiger partial charge in [-0.2, -0.15) is 0 Å². The molecule has 5 heteroatoms. The Morgan fingerprint density at radius 2 is 1.94 bits per heavy atom. The van der Waals surface area contributed by atoms with Gasteiger partial charge in [0.05, 0.1) is 12.2 Å². The maximum absolute atomic E-state index is 11.0. The number of rotatable bonds is 6. The van der Waals surface area contributed by atoms with Gasteiger partial charge in [-0.05, 0) is 68.5 Å². The molecule has 1 N–H and O–H groups in total. The molecule has 0 aliphatic carbocycles. The number of ether oxygens (including phenoxy) is 2. The minimum Gasteiger partial charge on any atom is -0.487 e. The lowest BCUT2D eigenvalue weighted by Gasteiger charge is -2.51. The fourth-order valence-corrected chi connectivity index (χ4v) is 5.28. The molecule has 2 aromatic rings. The standard InChI is InChI=1S/C26H31ClO4/c1-4-5-22-19(17-8-10-18(27)11-9-17)15-21-25(30-22)20-14-16(7-13-24(28)29)6-12-23(20)31-26(21,2)3/h6,8-12,14,19,21-22,25H,4-5,7,13,15H2,1-3H3,(H,28,29)/t19?,21-,22?,25+/m0/s1. The third-order valence-electron chi connectivity index (χ3n) is 6.79. The summed E-state index contributed by atoms with van der Waals surface area (Å²) in [6, 6.07) is 14.2. The van der Waals surface area contributed by atoms with Gasteiger partial charge in [0.15, 0.2) is 0 Å². The normalized spacial score (nSPS) is 26.5. The lowest BCUT2D eigenvalue weighted by Crippen LogP contribution is -2.50. The number of halogens is 1. The van der Waals surface area contributed by atoms with E-state index in [2.05, 4.69) is 39.0 Å². The number of hydrogen-bond acceptors (Lipinski definition) is 3. The van der Waals surface area contributed by atoms with E-state index in [1.807, 2.05) is 24.3 Å². The lowest BCUT2D eigenvalue weighted by molar-refractivity contribution is -0.160. The molecule has 4 atom stereocenters. The molecular weight excluding hydrogens is 412 g/mol. The molecule has 0 bridgehead atoms. The van der Waals surface area contributed by atoms with Gasteiger partial charge in [0.2, 0.25) is 0 Å². The topological polar surface area (TPSA) is 55.8 Å². The van der Waals surface area contributed by atoms with E-state index >= 15 is 0 Å². The molecule has 0 amide bonds. The average Bonchev–Trinajstić information content (AvgIpc) is 2.73. The van der Waals surface area contributed by atoms with Crippen LogP contribution in [0.1, 0.15) is 75.2 Å². The number of carboxylic acids is 1. The average molecular weight is 443 g/mol. The first-order valence-corrected chi connectivity index (χ1v) is 11.6. The Bertz CT molecular complexity index is 937. The summed E-state index contributed by atoms with van der Waals surface area (Å²) in [5, 5.41) is 9.80. The Balaban J connectivity index is 1.68. The van der Waals surface area contributed by atoms with Crippen molar-refractivity contribution in [1.29, 1.82) is 0 Å². The number of carboxylic acid groups (broad SMARTS) is 1. The van der Waals surface area contributed by atoms with Gasteiger partial charge in [0.25, 0.3) is 0 Å². The molecule has 4 nitrogen and oxygen atoms in total. The molecule has 2 aromatic carbocycles. The number of benzene rings is 2. The van der Waals surface area contributed by atoms with Crippen LogP contribution < -0.4 is 4.74 Å². The Morgan fingerprint density at radius 3 is 2.61 bits per heavy atom. The molecule has 1 saturated heterocycles. The monoisotopic (exact) mass is 442 g/mol. The molecule has 0 aromatic heterocycles. The number of fused-ring (bicyclic) bond motifs is 3. The fourth-order valence-electron chi connectivity index (χ4n) is 5.16. The van der Waals surface area contributed by atoms with Crippen LogP contribution in [-0.2, 0) is 16.0 Å². The second kappa shape index (κ2) is 8.84. The molecule has 2 aliphatic rings. The molecule has 2 heterocycles. The van der Waals surface area contributed by atoms with E-state index in [0.29, 0.717) is 6.42 Å². The molecule has 0 saturated carbocycles. The van der Waals surface area contributed by atoms with E-state index < -0.39 is 5.97 Å². The molecule has 1 fully saturated rings. The number of aliphatic carboxylic acids is 1. The Kier molecular flexibility index (Phi) is 6.32. The lowest BCUT2D eigenvalue weighted by atomic mass is 9.69. The van der Waals surface area contributed by atoms with Crippen LogP contribution in [0.25, 0.3) is 0 Å². The second-order valence-corrected chi connectivity index (χ2v) is 9.79. The highest BCUT2D eigenvalue weighted by atomic mass is 35.5. The zero-order valence-corrected chi connectivity index (χ0v) is 19.2. The van der Waals surface area contributed by atoms with Crippen molar-refractivity contribution in [1.82, 2.24) is 0 Å². The zero-order valence-electron chi connectivity index (χ0n) is 18.4. The van der Waals surface area contributed by atoms with Gasteiger partial charge in [0, 0.05) is 28.8 Å². The number of hydrogen-bond donors (Lipinski definition) is 1. The summed E-state index contributed by atoms with van der Waals surface area (Å²) in [6.45, 7) is 6.49. The Hall–Kier alpha value is -2.04. The summed E-state index contributed by atoms with van der Waals surface area (Å²) >= 11 is 6.13. The van der Waals surface area contributed by atoms with E-state index in [-0.39, 0.29) is 36.1 Å². The molecule has 166 valence electrons. The molecule has 0 radical (unpaired) electrons. The minimum atomic E-state index is -0.782. The van der Waals surface area contributed by atoms with Crippen molar-refractivity contribution in [3.05, 3.63) is 64.2 Å². The van der Waals surface area contributed by atoms with Crippen LogP contribution in [0, 0.1) is 5.92 Å². The van der Waals surface area contributed by atoms with Gasteiger partial charge in [-0.15, -0.1) is 0 Å². The van der Waals surface area contributed by atoms with Crippen molar-refractivity contribution >= 4 is 17.6 Å². The first-order chi connectivity index (χ1) is 14.8. The van der Waals surface area contributed by atoms with Gasteiger partial charge in [-0.3, -0.25) is 4.79 Å². The van der Waals surface area contributed by atoms with Gasteiger partial charge in [-0.25, -0.2) is 0 Å². The van der Waals surface area contributed by atoms with Gasteiger partial charge in [-0.1, -0.05) is 43.1 Å². The zero-order chi connectivity index (χ0) is 22.2. The predicted molar refractivity (Wildman–Crippen MR) is 122 cm³/mol. The molecule has 31 heavy (non-hydrogen) atoms. The number of aryl methyl sites for hydroxylation is 1. The van der Waals surface area contributed by atoms with Crippen molar-refractivity contribution in [3.8, 4) is 5.75 Å². The van der Waals surface area contributed by atoms with E-state index in [1.165, 1.54) is 5.56 Å². The highest BCUT2D eigenvalue weighted by molar-refractivity contribution is 6.30. The van der Waals surface area contributed by atoms with Crippen LogP contribution in [0.2, 0.25) is 5.02 Å². The van der Waals surface area contributed by atoms with E-state index in [9.17, 15) is 4.79 Å². The number of carbonyl (C=O) groups is 1. The van der Waals surface area contributed by atoms with Crippen molar-refractivity contribution in [2.24, 2.45) is 5.92 Å². The van der Waals surface area contributed by atoms with Crippen LogP contribution in [0.15, 0.2) is 42.5 Å². The molecule has 2 aliphatic heterocycles. The summed E-state index contributed by atoms with van der Waals surface area (Å²) in [4.78, 5) is 11.0. The first-order valence-electron chi connectivity index (χ1n) is 11.2. The quantitative estimate of drug-likeness (QED) is 0.550. The van der Waals surface area contributed by atoms with E-state index in [0.717, 1.165) is 41.2 Å². The summed E-state index contributed by atoms with van der Waals surface area (Å²) in [5.41, 5.74) is 2.97. The van der Waals surface area contributed by atoms with Crippen molar-refractivity contribution < 1.29 is 19.4 Å². The summed E-state index contributed by atoms with van der Waals surface area (Å²) < 4.78 is 13.3. The molecule has 2 unspecified atom stereocenters. The van der Waals surface area contributed by atoms with Gasteiger partial charge in [0.1, 0.15) is 11.4 Å². The highest BCUT2D eigenvalue weighted by Crippen LogP contribution is 2.54. The SMILES string of the molecule is CCCC1O[C@@H]2c3cc(CCC(=O)O)ccc3OC(C)(C)[C@H]2CC1c1ccc(Cl)cc1. The van der Waals surface area contributed by atoms with Crippen LogP contribution >= 0.6 is 11.6 Å². The van der Waals surface area contributed by atoms with Crippen molar-refractivity contribution in [3.63, 3.8) is 0 Å². The van der Waals surface area contributed by atoms with Crippen LogP contribution in [0.3, 0.4) is 0 Å². The summed E-state index contributed by atoms with van der Waals surface area (Å²) in [5.74, 6) is 0.558.